The lowest BCUT2D eigenvalue weighted by molar-refractivity contribution is 0.101. The maximum atomic E-state index is 13.2. The lowest BCUT2D eigenvalue weighted by Gasteiger charge is -2.08. The van der Waals surface area contributed by atoms with Crippen LogP contribution in [0.15, 0.2) is 36.4 Å². The summed E-state index contributed by atoms with van der Waals surface area (Å²) in [4.78, 5) is 11.4. The molecule has 0 bridgehead atoms. The van der Waals surface area contributed by atoms with E-state index in [2.05, 4.69) is 0 Å². The van der Waals surface area contributed by atoms with Crippen LogP contribution in [0.4, 0.5) is 13.2 Å². The summed E-state index contributed by atoms with van der Waals surface area (Å²) in [6, 6.07) is 6.36. The second-order valence-corrected chi connectivity index (χ2v) is 3.90. The fourth-order valence-corrected chi connectivity index (χ4v) is 1.77. The Morgan fingerprint density at radius 3 is 2.06 bits per heavy atom. The molecule has 0 aliphatic rings. The summed E-state index contributed by atoms with van der Waals surface area (Å²) >= 11 is 0. The molecule has 0 amide bonds. The fraction of sp³-hybridized carbons (Fsp3) is 0.0714. The Labute approximate surface area is 102 Å². The highest BCUT2D eigenvalue weighted by Gasteiger charge is 2.12. The highest BCUT2D eigenvalue weighted by molar-refractivity contribution is 6.00. The molecule has 1 nitrogen and oxygen atoms in total. The molecule has 2 aromatic rings. The maximum Gasteiger partial charge on any atom is 0.160 e. The van der Waals surface area contributed by atoms with Crippen molar-refractivity contribution in [1.29, 1.82) is 0 Å². The predicted octanol–water partition coefficient (Wildman–Crippen LogP) is 3.97. The van der Waals surface area contributed by atoms with Crippen molar-refractivity contribution in [2.24, 2.45) is 0 Å². The number of rotatable bonds is 2. The lowest BCUT2D eigenvalue weighted by atomic mass is 9.97. The van der Waals surface area contributed by atoms with Gasteiger partial charge in [0.1, 0.15) is 17.5 Å². The second-order valence-electron chi connectivity index (χ2n) is 3.90. The Kier molecular flexibility index (Phi) is 3.19. The van der Waals surface area contributed by atoms with Crippen LogP contribution in [0.5, 0.6) is 0 Å². The average Bonchev–Trinajstić information content (AvgIpc) is 2.27. The van der Waals surface area contributed by atoms with Gasteiger partial charge in [0.2, 0.25) is 0 Å². The summed E-state index contributed by atoms with van der Waals surface area (Å²) < 4.78 is 39.5. The number of ketones is 1. The summed E-state index contributed by atoms with van der Waals surface area (Å²) in [5.41, 5.74) is 0.541. The van der Waals surface area contributed by atoms with Crippen LogP contribution < -0.4 is 0 Å². The Morgan fingerprint density at radius 2 is 1.50 bits per heavy atom. The van der Waals surface area contributed by atoms with Gasteiger partial charge in [0.05, 0.1) is 0 Å². The largest absolute Gasteiger partial charge is 0.294 e. The molecule has 0 heterocycles. The number of benzene rings is 2. The molecule has 0 saturated carbocycles. The third kappa shape index (κ3) is 2.42. The van der Waals surface area contributed by atoms with Gasteiger partial charge in [-0.15, -0.1) is 0 Å². The monoisotopic (exact) mass is 250 g/mol. The molecule has 0 aromatic heterocycles. The van der Waals surface area contributed by atoms with E-state index in [9.17, 15) is 18.0 Å². The highest BCUT2D eigenvalue weighted by Crippen LogP contribution is 2.26. The molecule has 0 aliphatic heterocycles. The molecule has 2 rings (SSSR count). The number of halogens is 3. The van der Waals surface area contributed by atoms with Crippen LogP contribution in [-0.4, -0.2) is 5.78 Å². The molecule has 4 heteroatoms. The van der Waals surface area contributed by atoms with Crippen LogP contribution >= 0.6 is 0 Å². The molecule has 0 fully saturated rings. The minimum absolute atomic E-state index is 0.136. The van der Waals surface area contributed by atoms with Gasteiger partial charge in [-0.3, -0.25) is 4.79 Å². The Balaban J connectivity index is 2.68. The Bertz CT molecular complexity index is 600. The van der Waals surface area contributed by atoms with Gasteiger partial charge in [0.25, 0.3) is 0 Å². The molecule has 0 saturated heterocycles. The zero-order valence-corrected chi connectivity index (χ0v) is 9.51. The van der Waals surface area contributed by atoms with Gasteiger partial charge in [-0.1, -0.05) is 0 Å². The SMILES string of the molecule is CC(=O)c1ccc(F)cc1-c1cc(F)cc(F)c1. The minimum atomic E-state index is -0.774. The fourth-order valence-electron chi connectivity index (χ4n) is 1.77. The van der Waals surface area contributed by atoms with Crippen molar-refractivity contribution in [2.45, 2.75) is 6.92 Å². The van der Waals surface area contributed by atoms with Gasteiger partial charge in [0, 0.05) is 11.6 Å². The van der Waals surface area contributed by atoms with Crippen LogP contribution in [0.3, 0.4) is 0 Å². The summed E-state index contributed by atoms with van der Waals surface area (Å²) in [5.74, 6) is -2.41. The Morgan fingerprint density at radius 1 is 0.889 bits per heavy atom. The van der Waals surface area contributed by atoms with Crippen LogP contribution in [0.2, 0.25) is 0 Å². The third-order valence-electron chi connectivity index (χ3n) is 2.53. The third-order valence-corrected chi connectivity index (χ3v) is 2.53. The van der Waals surface area contributed by atoms with Crippen LogP contribution in [0.25, 0.3) is 11.1 Å². The average molecular weight is 250 g/mol. The van der Waals surface area contributed by atoms with Gasteiger partial charge in [-0.05, 0) is 48.4 Å². The van der Waals surface area contributed by atoms with Gasteiger partial charge in [0.15, 0.2) is 5.78 Å². The van der Waals surface area contributed by atoms with Crippen LogP contribution in [-0.2, 0) is 0 Å². The van der Waals surface area contributed by atoms with Crippen molar-refractivity contribution >= 4 is 5.78 Å². The van der Waals surface area contributed by atoms with Crippen molar-refractivity contribution in [3.63, 3.8) is 0 Å². The molecule has 92 valence electrons. The number of hydrogen-bond acceptors (Lipinski definition) is 1. The molecule has 0 spiro atoms. The molecular formula is C14H9F3O. The quantitative estimate of drug-likeness (QED) is 0.737. The lowest BCUT2D eigenvalue weighted by Crippen LogP contribution is -1.97. The van der Waals surface area contributed by atoms with Gasteiger partial charge in [-0.2, -0.15) is 0 Å². The van der Waals surface area contributed by atoms with Crippen molar-refractivity contribution in [3.8, 4) is 11.1 Å². The molecule has 18 heavy (non-hydrogen) atoms. The summed E-state index contributed by atoms with van der Waals surface area (Å²) in [6.45, 7) is 1.31. The Hall–Kier alpha value is -2.10. The topological polar surface area (TPSA) is 17.1 Å². The zero-order chi connectivity index (χ0) is 13.3. The first-order valence-electron chi connectivity index (χ1n) is 5.24. The van der Waals surface area contributed by atoms with E-state index in [-0.39, 0.29) is 22.5 Å². The number of carbonyl (C=O) groups excluding carboxylic acids is 1. The number of Topliss-reactive ketones (excluding diaryl/α,β-unsaturated/α-hetero) is 1. The molecular weight excluding hydrogens is 241 g/mol. The number of hydrogen-bond donors (Lipinski definition) is 0. The van der Waals surface area contributed by atoms with Crippen molar-refractivity contribution in [1.82, 2.24) is 0 Å². The molecule has 0 aliphatic carbocycles. The van der Waals surface area contributed by atoms with E-state index in [4.69, 9.17) is 0 Å². The smallest absolute Gasteiger partial charge is 0.160 e. The second kappa shape index (κ2) is 4.64. The van der Waals surface area contributed by atoms with E-state index in [0.717, 1.165) is 30.3 Å². The van der Waals surface area contributed by atoms with E-state index in [1.165, 1.54) is 13.0 Å². The molecule has 0 N–H and O–H groups in total. The molecule has 0 radical (unpaired) electrons. The molecule has 0 atom stereocenters. The van der Waals surface area contributed by atoms with E-state index in [1.807, 2.05) is 0 Å². The van der Waals surface area contributed by atoms with Crippen molar-refractivity contribution in [3.05, 3.63) is 59.4 Å². The van der Waals surface area contributed by atoms with E-state index in [1.54, 1.807) is 0 Å². The van der Waals surface area contributed by atoms with E-state index < -0.39 is 17.5 Å². The van der Waals surface area contributed by atoms with Gasteiger partial charge >= 0.3 is 0 Å². The standard InChI is InChI=1S/C14H9F3O/c1-8(18)13-3-2-10(15)7-14(13)9-4-11(16)6-12(17)5-9/h2-7H,1H3. The van der Waals surface area contributed by atoms with Gasteiger partial charge in [-0.25, -0.2) is 13.2 Å². The summed E-state index contributed by atoms with van der Waals surface area (Å²) in [5, 5.41) is 0. The molecule has 0 unspecified atom stereocenters. The zero-order valence-electron chi connectivity index (χ0n) is 9.51. The summed E-state index contributed by atoms with van der Waals surface area (Å²) in [7, 11) is 0. The first kappa shape index (κ1) is 12.4. The maximum absolute atomic E-state index is 13.2. The first-order valence-corrected chi connectivity index (χ1v) is 5.24. The van der Waals surface area contributed by atoms with Crippen LogP contribution in [0.1, 0.15) is 17.3 Å². The highest BCUT2D eigenvalue weighted by atomic mass is 19.1. The van der Waals surface area contributed by atoms with Crippen molar-refractivity contribution < 1.29 is 18.0 Å². The van der Waals surface area contributed by atoms with Crippen LogP contribution in [0, 0.1) is 17.5 Å². The van der Waals surface area contributed by atoms with Crippen molar-refractivity contribution in [2.75, 3.05) is 0 Å². The molecule has 2 aromatic carbocycles. The minimum Gasteiger partial charge on any atom is -0.294 e. The first-order chi connectivity index (χ1) is 8.47. The summed E-state index contributed by atoms with van der Waals surface area (Å²) in [6.07, 6.45) is 0. The number of carbonyl (C=O) groups is 1. The predicted molar refractivity (Wildman–Crippen MR) is 61.8 cm³/mol. The normalized spacial score (nSPS) is 10.4. The van der Waals surface area contributed by atoms with E-state index in [0.29, 0.717) is 0 Å². The van der Waals surface area contributed by atoms with E-state index >= 15 is 0 Å². The van der Waals surface area contributed by atoms with Gasteiger partial charge < -0.3 is 0 Å².